The van der Waals surface area contributed by atoms with Gasteiger partial charge < -0.3 is 15.0 Å². The van der Waals surface area contributed by atoms with Crippen molar-refractivity contribution < 1.29 is 5.11 Å². The van der Waals surface area contributed by atoms with Crippen LogP contribution in [0, 0.1) is 0 Å². The van der Waals surface area contributed by atoms with Crippen LogP contribution in [0.2, 0.25) is 0 Å². The zero-order valence-electron chi connectivity index (χ0n) is 10.9. The van der Waals surface area contributed by atoms with E-state index in [1.807, 2.05) is 24.7 Å². The molecule has 0 saturated carbocycles. The van der Waals surface area contributed by atoms with Gasteiger partial charge in [-0.25, -0.2) is 4.98 Å². The number of aromatic nitrogens is 2. The summed E-state index contributed by atoms with van der Waals surface area (Å²) in [6, 6.07) is 7.37. The van der Waals surface area contributed by atoms with E-state index < -0.39 is 0 Å². The number of hydrogen-bond donors (Lipinski definition) is 2. The smallest absolute Gasteiger partial charge is 0.115 e. The minimum absolute atomic E-state index is 0.311. The first-order valence-corrected chi connectivity index (χ1v) is 6.81. The van der Waals surface area contributed by atoms with Gasteiger partial charge in [0.25, 0.3) is 0 Å². The highest BCUT2D eigenvalue weighted by molar-refractivity contribution is 5.26. The number of nitrogens with zero attached hydrogens (tertiary/aromatic N) is 2. The van der Waals surface area contributed by atoms with Gasteiger partial charge in [-0.3, -0.25) is 0 Å². The van der Waals surface area contributed by atoms with Crippen molar-refractivity contribution in [3.8, 4) is 5.75 Å². The van der Waals surface area contributed by atoms with Gasteiger partial charge in [-0.1, -0.05) is 12.1 Å². The number of piperidine rings is 1. The average Bonchev–Trinajstić information content (AvgIpc) is 2.90. The molecule has 1 aromatic heterocycles. The lowest BCUT2D eigenvalue weighted by Gasteiger charge is -2.23. The van der Waals surface area contributed by atoms with Crippen LogP contribution in [0.4, 0.5) is 0 Å². The zero-order valence-corrected chi connectivity index (χ0v) is 10.9. The Hall–Kier alpha value is -1.81. The Morgan fingerprint density at radius 2 is 2.16 bits per heavy atom. The van der Waals surface area contributed by atoms with E-state index in [9.17, 15) is 5.11 Å². The van der Waals surface area contributed by atoms with Gasteiger partial charge >= 0.3 is 0 Å². The van der Waals surface area contributed by atoms with E-state index in [-0.39, 0.29) is 0 Å². The summed E-state index contributed by atoms with van der Waals surface area (Å²) in [7, 11) is 0. The van der Waals surface area contributed by atoms with Crippen LogP contribution in [0.3, 0.4) is 0 Å². The van der Waals surface area contributed by atoms with Gasteiger partial charge in [-0.15, -0.1) is 0 Å². The predicted octanol–water partition coefficient (Wildman–Crippen LogP) is 2.10. The summed E-state index contributed by atoms with van der Waals surface area (Å²) >= 11 is 0. The van der Waals surface area contributed by atoms with Gasteiger partial charge in [0.2, 0.25) is 0 Å². The minimum atomic E-state index is 0.311. The third-order valence-electron chi connectivity index (χ3n) is 3.75. The first-order valence-electron chi connectivity index (χ1n) is 6.81. The summed E-state index contributed by atoms with van der Waals surface area (Å²) in [4.78, 5) is 4.30. The third-order valence-corrected chi connectivity index (χ3v) is 3.75. The molecule has 100 valence electrons. The standard InChI is InChI=1S/C15H19N3O/c19-14-5-3-12(4-6-14)10-18-11-17-9-15(18)13-2-1-7-16-8-13/h3-6,9,11,13,16,19H,1-2,7-8,10H2. The SMILES string of the molecule is Oc1ccc(Cn2cncc2C2CCCNC2)cc1. The topological polar surface area (TPSA) is 50.1 Å². The largest absolute Gasteiger partial charge is 0.508 e. The number of benzene rings is 1. The first kappa shape index (κ1) is 12.2. The molecule has 19 heavy (non-hydrogen) atoms. The fourth-order valence-electron chi connectivity index (χ4n) is 2.71. The van der Waals surface area contributed by atoms with E-state index in [0.29, 0.717) is 11.7 Å². The van der Waals surface area contributed by atoms with Crippen molar-refractivity contribution in [2.24, 2.45) is 0 Å². The zero-order chi connectivity index (χ0) is 13.1. The molecule has 1 saturated heterocycles. The van der Waals surface area contributed by atoms with Gasteiger partial charge in [0.15, 0.2) is 0 Å². The van der Waals surface area contributed by atoms with E-state index in [4.69, 9.17) is 0 Å². The molecule has 2 aromatic rings. The summed E-state index contributed by atoms with van der Waals surface area (Å²) in [6.45, 7) is 2.98. The van der Waals surface area contributed by atoms with Crippen molar-refractivity contribution in [2.75, 3.05) is 13.1 Å². The minimum Gasteiger partial charge on any atom is -0.508 e. The highest BCUT2D eigenvalue weighted by Gasteiger charge is 2.18. The van der Waals surface area contributed by atoms with E-state index in [1.165, 1.54) is 24.1 Å². The van der Waals surface area contributed by atoms with Crippen LogP contribution in [-0.2, 0) is 6.54 Å². The lowest BCUT2D eigenvalue weighted by molar-refractivity contribution is 0.444. The normalized spacial score (nSPS) is 19.5. The maximum absolute atomic E-state index is 9.31. The molecule has 0 radical (unpaired) electrons. The molecule has 1 atom stereocenters. The summed E-state index contributed by atoms with van der Waals surface area (Å²) in [6.07, 6.45) is 6.35. The molecule has 0 amide bonds. The van der Waals surface area contributed by atoms with Crippen molar-refractivity contribution >= 4 is 0 Å². The third kappa shape index (κ3) is 2.79. The van der Waals surface area contributed by atoms with E-state index in [2.05, 4.69) is 14.9 Å². The van der Waals surface area contributed by atoms with Crippen LogP contribution in [0.1, 0.15) is 30.0 Å². The molecule has 1 aliphatic rings. The molecule has 1 unspecified atom stereocenters. The van der Waals surface area contributed by atoms with Crippen LogP contribution in [-0.4, -0.2) is 27.7 Å². The Bertz CT molecular complexity index is 527. The average molecular weight is 257 g/mol. The number of aromatic hydroxyl groups is 1. The van der Waals surface area contributed by atoms with E-state index in [0.717, 1.165) is 19.6 Å². The Labute approximate surface area is 113 Å². The van der Waals surface area contributed by atoms with Crippen LogP contribution >= 0.6 is 0 Å². The first-order chi connectivity index (χ1) is 9.33. The van der Waals surface area contributed by atoms with Gasteiger partial charge in [0.1, 0.15) is 5.75 Å². The van der Waals surface area contributed by atoms with Gasteiger partial charge in [-0.05, 0) is 37.1 Å². The van der Waals surface area contributed by atoms with Crippen molar-refractivity contribution in [2.45, 2.75) is 25.3 Å². The summed E-state index contributed by atoms with van der Waals surface area (Å²) in [5.41, 5.74) is 2.49. The molecule has 1 fully saturated rings. The van der Waals surface area contributed by atoms with Crippen LogP contribution < -0.4 is 5.32 Å². The van der Waals surface area contributed by atoms with E-state index >= 15 is 0 Å². The summed E-state index contributed by atoms with van der Waals surface area (Å²) < 4.78 is 2.21. The summed E-state index contributed by atoms with van der Waals surface area (Å²) in [5.74, 6) is 0.874. The fraction of sp³-hybridized carbons (Fsp3) is 0.400. The number of phenolic OH excluding ortho intramolecular Hbond substituents is 1. The number of nitrogens with one attached hydrogen (secondary N) is 1. The highest BCUT2D eigenvalue weighted by Crippen LogP contribution is 2.23. The van der Waals surface area contributed by atoms with Crippen molar-refractivity contribution in [1.82, 2.24) is 14.9 Å². The Kier molecular flexibility index (Phi) is 3.51. The van der Waals surface area contributed by atoms with Gasteiger partial charge in [0.05, 0.1) is 6.33 Å². The molecule has 2 N–H and O–H groups in total. The fourth-order valence-corrected chi connectivity index (χ4v) is 2.71. The molecule has 0 bridgehead atoms. The molecule has 4 nitrogen and oxygen atoms in total. The summed E-state index contributed by atoms with van der Waals surface area (Å²) in [5, 5.41) is 12.8. The molecule has 0 spiro atoms. The Morgan fingerprint density at radius 3 is 2.89 bits per heavy atom. The second kappa shape index (κ2) is 5.45. The molecule has 0 aliphatic carbocycles. The quantitative estimate of drug-likeness (QED) is 0.885. The van der Waals surface area contributed by atoms with Crippen LogP contribution in [0.25, 0.3) is 0 Å². The van der Waals surface area contributed by atoms with E-state index in [1.54, 1.807) is 12.1 Å². The Morgan fingerprint density at radius 1 is 1.32 bits per heavy atom. The Balaban J connectivity index is 1.77. The van der Waals surface area contributed by atoms with Crippen molar-refractivity contribution in [1.29, 1.82) is 0 Å². The van der Waals surface area contributed by atoms with Crippen molar-refractivity contribution in [3.63, 3.8) is 0 Å². The van der Waals surface area contributed by atoms with Crippen molar-refractivity contribution in [3.05, 3.63) is 48.0 Å². The lowest BCUT2D eigenvalue weighted by Crippen LogP contribution is -2.29. The lowest BCUT2D eigenvalue weighted by atomic mass is 9.96. The number of rotatable bonds is 3. The van der Waals surface area contributed by atoms with Crippen LogP contribution in [0.15, 0.2) is 36.8 Å². The molecule has 1 aromatic carbocycles. The molecule has 1 aliphatic heterocycles. The predicted molar refractivity (Wildman–Crippen MR) is 74.3 cm³/mol. The molecular weight excluding hydrogens is 238 g/mol. The molecule has 4 heteroatoms. The molecule has 3 rings (SSSR count). The number of phenols is 1. The number of imidazole rings is 1. The second-order valence-corrected chi connectivity index (χ2v) is 5.16. The van der Waals surface area contributed by atoms with Crippen LogP contribution in [0.5, 0.6) is 5.75 Å². The maximum Gasteiger partial charge on any atom is 0.115 e. The monoisotopic (exact) mass is 257 g/mol. The van der Waals surface area contributed by atoms with Gasteiger partial charge in [0, 0.05) is 30.9 Å². The number of hydrogen-bond acceptors (Lipinski definition) is 3. The second-order valence-electron chi connectivity index (χ2n) is 5.16. The highest BCUT2D eigenvalue weighted by atomic mass is 16.3. The molecule has 2 heterocycles. The maximum atomic E-state index is 9.31. The molecular formula is C15H19N3O. The van der Waals surface area contributed by atoms with Gasteiger partial charge in [-0.2, -0.15) is 0 Å².